The molecular weight excluding hydrogens is 873 g/mol. The molecule has 6 amide bonds. The number of aromatic amines is 1. The highest BCUT2D eigenvalue weighted by Gasteiger charge is 2.39. The van der Waals surface area contributed by atoms with Crippen molar-refractivity contribution in [3.63, 3.8) is 0 Å². The van der Waals surface area contributed by atoms with Crippen LogP contribution in [0.1, 0.15) is 90.0 Å². The van der Waals surface area contributed by atoms with Crippen LogP contribution in [-0.4, -0.2) is 115 Å². The zero-order chi connectivity index (χ0) is 49.1. The third kappa shape index (κ3) is 17.8. The van der Waals surface area contributed by atoms with Crippen LogP contribution in [0.5, 0.6) is 0 Å². The molecule has 1 aliphatic rings. The van der Waals surface area contributed by atoms with Gasteiger partial charge in [-0.1, -0.05) is 78.9 Å². The Balaban J connectivity index is 1.25. The van der Waals surface area contributed by atoms with Gasteiger partial charge in [0.2, 0.25) is 11.8 Å². The highest BCUT2D eigenvalue weighted by molar-refractivity contribution is 5.91. The van der Waals surface area contributed by atoms with Crippen molar-refractivity contribution in [2.24, 2.45) is 0 Å². The van der Waals surface area contributed by atoms with Crippen LogP contribution in [-0.2, 0) is 41.6 Å². The lowest BCUT2D eigenvalue weighted by molar-refractivity contribution is -0.130. The molecule has 1 aliphatic heterocycles. The summed E-state index contributed by atoms with van der Waals surface area (Å²) < 4.78 is 22.0. The molecule has 1 aromatic heterocycles. The van der Waals surface area contributed by atoms with E-state index in [0.29, 0.717) is 31.5 Å². The van der Waals surface area contributed by atoms with Crippen molar-refractivity contribution in [1.82, 2.24) is 41.8 Å². The molecular formula is C50H68N8O10. The Labute approximate surface area is 398 Å². The number of rotatable bonds is 21. The second-order valence-corrected chi connectivity index (χ2v) is 18.6. The number of para-hydroxylation sites is 1. The molecule has 0 radical (unpaired) electrons. The summed E-state index contributed by atoms with van der Waals surface area (Å²) in [5, 5.41) is 18.3. The lowest BCUT2D eigenvalue weighted by atomic mass is 10.0. The quantitative estimate of drug-likeness (QED) is 0.0359. The molecule has 68 heavy (non-hydrogen) atoms. The number of unbranched alkanes of at least 4 members (excludes halogenated alkanes) is 2. The van der Waals surface area contributed by atoms with E-state index >= 15 is 0 Å². The van der Waals surface area contributed by atoms with Gasteiger partial charge >= 0.3 is 24.4 Å². The number of alkyl carbamates (subject to hydrolysis) is 3. The number of carbonyl (C=O) groups is 6. The first kappa shape index (κ1) is 52.2. The molecule has 1 saturated heterocycles. The molecule has 2 heterocycles. The number of H-pyrrole nitrogens is 1. The predicted molar refractivity (Wildman–Crippen MR) is 256 cm³/mol. The van der Waals surface area contributed by atoms with Crippen molar-refractivity contribution in [2.75, 3.05) is 39.3 Å². The van der Waals surface area contributed by atoms with E-state index in [9.17, 15) is 28.8 Å². The normalized spacial score (nSPS) is 15.6. The Kier molecular flexibility index (Phi) is 19.4. The summed E-state index contributed by atoms with van der Waals surface area (Å²) in [4.78, 5) is 83.9. The summed E-state index contributed by atoms with van der Waals surface area (Å²) in [5.41, 5.74) is 1.90. The van der Waals surface area contributed by atoms with E-state index in [-0.39, 0.29) is 51.5 Å². The number of ether oxygens (including phenoxy) is 4. The SMILES string of the molecule is CC(C)(C)OC(=O)NCCCCCNC(=O)[C@@H](Cc1c[nH]c2ccccc12)NC(=O)[C@@H](NC[C@@H]1C[C@@H](OC(=O)NCCNC(=O)OC(C)(C)C)CN1C(=O)OCc1ccccc1)c1ccccc1. The van der Waals surface area contributed by atoms with E-state index in [1.54, 1.807) is 53.7 Å². The zero-order valence-electron chi connectivity index (χ0n) is 40.0. The highest BCUT2D eigenvalue weighted by Crippen LogP contribution is 2.24. The number of aromatic nitrogens is 1. The van der Waals surface area contributed by atoms with Crippen molar-refractivity contribution >= 4 is 47.1 Å². The first-order chi connectivity index (χ1) is 32.4. The number of nitrogens with one attached hydrogen (secondary N) is 7. The molecule has 4 atom stereocenters. The van der Waals surface area contributed by atoms with Crippen LogP contribution < -0.4 is 31.9 Å². The number of hydrogen-bond donors (Lipinski definition) is 7. The van der Waals surface area contributed by atoms with Gasteiger partial charge in [-0.15, -0.1) is 0 Å². The van der Waals surface area contributed by atoms with Crippen LogP contribution in [0.2, 0.25) is 0 Å². The molecule has 18 nitrogen and oxygen atoms in total. The first-order valence-corrected chi connectivity index (χ1v) is 23.2. The Hall–Kier alpha value is -6.82. The van der Waals surface area contributed by atoms with Crippen molar-refractivity contribution < 1.29 is 47.7 Å². The Morgan fingerprint density at radius 2 is 1.28 bits per heavy atom. The second-order valence-electron chi connectivity index (χ2n) is 18.6. The molecule has 4 aromatic rings. The maximum Gasteiger partial charge on any atom is 0.410 e. The lowest BCUT2D eigenvalue weighted by Gasteiger charge is -2.27. The third-order valence-electron chi connectivity index (χ3n) is 10.7. The second kappa shape index (κ2) is 25.4. The van der Waals surface area contributed by atoms with Gasteiger partial charge in [0.05, 0.1) is 12.6 Å². The van der Waals surface area contributed by atoms with Gasteiger partial charge in [-0.2, -0.15) is 0 Å². The van der Waals surface area contributed by atoms with Crippen molar-refractivity contribution in [3.8, 4) is 0 Å². The number of amides is 6. The molecule has 1 fully saturated rings. The maximum absolute atomic E-state index is 14.5. The fraction of sp³-hybridized carbons (Fsp3) is 0.480. The van der Waals surface area contributed by atoms with Crippen LogP contribution >= 0.6 is 0 Å². The van der Waals surface area contributed by atoms with Gasteiger partial charge in [0.25, 0.3) is 0 Å². The molecule has 7 N–H and O–H groups in total. The van der Waals surface area contributed by atoms with E-state index < -0.39 is 65.7 Å². The summed E-state index contributed by atoms with van der Waals surface area (Å²) in [6, 6.07) is 23.5. The van der Waals surface area contributed by atoms with E-state index in [1.165, 1.54) is 4.90 Å². The van der Waals surface area contributed by atoms with Gasteiger partial charge < -0.3 is 60.7 Å². The van der Waals surface area contributed by atoms with E-state index in [0.717, 1.165) is 28.5 Å². The first-order valence-electron chi connectivity index (χ1n) is 23.2. The van der Waals surface area contributed by atoms with Crippen molar-refractivity contribution in [3.05, 3.63) is 108 Å². The summed E-state index contributed by atoms with van der Waals surface area (Å²) in [6.45, 7) is 11.7. The zero-order valence-corrected chi connectivity index (χ0v) is 40.0. The van der Waals surface area contributed by atoms with Crippen LogP contribution in [0.25, 0.3) is 10.9 Å². The Morgan fingerprint density at radius 3 is 1.94 bits per heavy atom. The molecule has 0 spiro atoms. The summed E-state index contributed by atoms with van der Waals surface area (Å²) in [6.07, 6.45) is 1.16. The van der Waals surface area contributed by atoms with Gasteiger partial charge in [0, 0.05) is 62.7 Å². The van der Waals surface area contributed by atoms with Crippen molar-refractivity contribution in [2.45, 2.75) is 116 Å². The monoisotopic (exact) mass is 941 g/mol. The van der Waals surface area contributed by atoms with Crippen LogP contribution in [0.3, 0.4) is 0 Å². The minimum Gasteiger partial charge on any atom is -0.445 e. The van der Waals surface area contributed by atoms with Crippen LogP contribution in [0.4, 0.5) is 19.2 Å². The Morgan fingerprint density at radius 1 is 0.691 bits per heavy atom. The minimum atomic E-state index is -0.963. The largest absolute Gasteiger partial charge is 0.445 e. The molecule has 0 saturated carbocycles. The highest BCUT2D eigenvalue weighted by atomic mass is 16.6. The summed E-state index contributed by atoms with van der Waals surface area (Å²) in [5.74, 6) is -0.822. The molecule has 0 unspecified atom stereocenters. The topological polar surface area (TPSA) is 231 Å². The predicted octanol–water partition coefficient (Wildman–Crippen LogP) is 6.37. The number of carbonyl (C=O) groups excluding carboxylic acids is 6. The van der Waals surface area contributed by atoms with E-state index in [1.807, 2.05) is 79.0 Å². The molecule has 5 rings (SSSR count). The minimum absolute atomic E-state index is 0.0210. The van der Waals surface area contributed by atoms with Gasteiger partial charge in [0.1, 0.15) is 36.0 Å². The number of fused-ring (bicyclic) bond motifs is 1. The van der Waals surface area contributed by atoms with E-state index in [2.05, 4.69) is 36.9 Å². The number of benzene rings is 3. The standard InChI is InChI=1S/C50H68N8O10/c1-49(2,3)67-46(62)52-25-17-9-16-24-51-43(59)41(28-36-30-55-40-23-15-14-22-39(36)40)57-44(60)42(35-20-12-8-13-21-35)56-31-37-29-38(32-58(37)48(64)65-33-34-18-10-7-11-19-34)66-45(61)53-26-27-54-47(63)68-50(4,5)6/h7-8,10-15,18-23,30,37-38,41-42,55-56H,9,16-17,24-29,31-33H2,1-6H3,(H,51,59)(H,52,62)(H,53,61)(H,54,63)(H,57,60)/t37-,38+,41+,42-/m0/s1. The maximum atomic E-state index is 14.5. The fourth-order valence-corrected chi connectivity index (χ4v) is 7.53. The summed E-state index contributed by atoms with van der Waals surface area (Å²) in [7, 11) is 0. The number of likely N-dealkylation sites (tertiary alicyclic amines) is 1. The van der Waals surface area contributed by atoms with Crippen molar-refractivity contribution in [1.29, 1.82) is 0 Å². The van der Waals surface area contributed by atoms with Crippen LogP contribution in [0.15, 0.2) is 91.1 Å². The molecule has 368 valence electrons. The molecule has 0 aliphatic carbocycles. The lowest BCUT2D eigenvalue weighted by Crippen LogP contribution is -2.52. The van der Waals surface area contributed by atoms with Gasteiger partial charge in [0.15, 0.2) is 0 Å². The number of nitrogens with zero attached hydrogens (tertiary/aromatic N) is 1. The molecule has 0 bridgehead atoms. The molecule has 3 aromatic carbocycles. The van der Waals surface area contributed by atoms with Gasteiger partial charge in [-0.05, 0) is 83.6 Å². The third-order valence-corrected chi connectivity index (χ3v) is 10.7. The Bertz CT molecular complexity index is 2260. The fourth-order valence-electron chi connectivity index (χ4n) is 7.53. The smallest absolute Gasteiger partial charge is 0.410 e. The average Bonchev–Trinajstić information content (AvgIpc) is 3.89. The summed E-state index contributed by atoms with van der Waals surface area (Å²) >= 11 is 0. The number of hydrogen-bond acceptors (Lipinski definition) is 11. The average molecular weight is 941 g/mol. The van der Waals surface area contributed by atoms with Gasteiger partial charge in [-0.3, -0.25) is 9.59 Å². The van der Waals surface area contributed by atoms with Gasteiger partial charge in [-0.25, -0.2) is 19.2 Å². The molecule has 18 heteroatoms. The van der Waals surface area contributed by atoms with E-state index in [4.69, 9.17) is 18.9 Å². The van der Waals surface area contributed by atoms with Crippen LogP contribution in [0, 0.1) is 0 Å².